The zero-order chi connectivity index (χ0) is 23.7. The average Bonchev–Trinajstić information content (AvgIpc) is 3.17. The molecule has 0 atom stereocenters. The first-order valence-corrected chi connectivity index (χ1v) is 12.0. The molecule has 2 N–H and O–H groups in total. The minimum Gasteiger partial charge on any atom is -0.367 e. The van der Waals surface area contributed by atoms with Gasteiger partial charge in [0.15, 0.2) is 5.65 Å². The fourth-order valence-electron chi connectivity index (χ4n) is 4.62. The molecule has 2 heterocycles. The lowest BCUT2D eigenvalue weighted by molar-refractivity contribution is 0.0926. The number of rotatable bonds is 5. The van der Waals surface area contributed by atoms with E-state index in [1.165, 1.54) is 0 Å². The van der Waals surface area contributed by atoms with Crippen LogP contribution in [-0.4, -0.2) is 37.7 Å². The van der Waals surface area contributed by atoms with Gasteiger partial charge in [-0.2, -0.15) is 5.10 Å². The Morgan fingerprint density at radius 1 is 0.941 bits per heavy atom. The predicted molar refractivity (Wildman–Crippen MR) is 135 cm³/mol. The van der Waals surface area contributed by atoms with Crippen molar-refractivity contribution in [1.29, 1.82) is 0 Å². The van der Waals surface area contributed by atoms with E-state index in [1.807, 2.05) is 68.4 Å². The van der Waals surface area contributed by atoms with Crippen molar-refractivity contribution in [2.45, 2.75) is 51.6 Å². The second-order valence-corrected chi connectivity index (χ2v) is 9.21. The highest BCUT2D eigenvalue weighted by molar-refractivity contribution is 6.32. The number of aromatic nitrogens is 4. The number of para-hydroxylation sites is 1. The van der Waals surface area contributed by atoms with Gasteiger partial charge in [0.05, 0.1) is 21.8 Å². The Labute approximate surface area is 203 Å². The van der Waals surface area contributed by atoms with Gasteiger partial charge in [0.1, 0.15) is 11.6 Å². The first-order valence-electron chi connectivity index (χ1n) is 11.6. The van der Waals surface area contributed by atoms with E-state index in [4.69, 9.17) is 21.7 Å². The third-order valence-electron chi connectivity index (χ3n) is 6.33. The number of halogens is 1. The van der Waals surface area contributed by atoms with E-state index in [0.29, 0.717) is 16.4 Å². The van der Waals surface area contributed by atoms with Crippen LogP contribution in [0.15, 0.2) is 54.6 Å². The van der Waals surface area contributed by atoms with Gasteiger partial charge >= 0.3 is 0 Å². The molecule has 1 aliphatic carbocycles. The Morgan fingerprint density at radius 2 is 1.62 bits per heavy atom. The average molecular weight is 475 g/mol. The maximum Gasteiger partial charge on any atom is 0.251 e. The van der Waals surface area contributed by atoms with E-state index >= 15 is 0 Å². The normalized spacial score (nSPS) is 18.1. The Morgan fingerprint density at radius 3 is 2.35 bits per heavy atom. The summed E-state index contributed by atoms with van der Waals surface area (Å²) in [5.74, 6) is 1.47. The standard InChI is InChI=1S/C26H27ClN6O/c1-16-23-24(28-17(2)29-25(23)33(32-16)22-11-7-6-10-21(22)27)30-19-12-14-20(15-13-19)31-26(34)18-8-4-3-5-9-18/h3-11,19-20H,12-15H2,1-2H3,(H,31,34)(H,28,29,30). The smallest absolute Gasteiger partial charge is 0.251 e. The van der Waals surface area contributed by atoms with Crippen molar-refractivity contribution in [3.63, 3.8) is 0 Å². The fourth-order valence-corrected chi connectivity index (χ4v) is 4.84. The lowest BCUT2D eigenvalue weighted by Gasteiger charge is -2.30. The number of hydrogen-bond donors (Lipinski definition) is 2. The SMILES string of the molecule is Cc1nc(NC2CCC(NC(=O)c3ccccc3)CC2)c2c(C)nn(-c3ccccc3Cl)c2n1. The maximum absolute atomic E-state index is 12.5. The number of nitrogens with zero attached hydrogens (tertiary/aromatic N) is 4. The lowest BCUT2D eigenvalue weighted by Crippen LogP contribution is -2.40. The number of hydrogen-bond acceptors (Lipinski definition) is 5. The highest BCUT2D eigenvalue weighted by Crippen LogP contribution is 2.31. The molecule has 2 aromatic heterocycles. The first-order chi connectivity index (χ1) is 16.5. The minimum atomic E-state index is -0.00671. The van der Waals surface area contributed by atoms with Crippen molar-refractivity contribution < 1.29 is 4.79 Å². The summed E-state index contributed by atoms with van der Waals surface area (Å²) in [7, 11) is 0. The van der Waals surface area contributed by atoms with Gasteiger partial charge in [0, 0.05) is 17.6 Å². The predicted octanol–water partition coefficient (Wildman–Crippen LogP) is 5.24. The van der Waals surface area contributed by atoms with E-state index in [1.54, 1.807) is 4.68 Å². The molecule has 1 amide bonds. The fraction of sp³-hybridized carbons (Fsp3) is 0.308. The molecule has 1 saturated carbocycles. The molecule has 0 spiro atoms. The van der Waals surface area contributed by atoms with Crippen LogP contribution in [0.3, 0.4) is 0 Å². The third kappa shape index (κ3) is 4.48. The molecule has 8 heteroatoms. The van der Waals surface area contributed by atoms with Gasteiger partial charge in [0.25, 0.3) is 5.91 Å². The topological polar surface area (TPSA) is 84.7 Å². The van der Waals surface area contributed by atoms with E-state index in [9.17, 15) is 4.79 Å². The molecule has 1 aliphatic rings. The Hall–Kier alpha value is -3.45. The summed E-state index contributed by atoms with van der Waals surface area (Å²) in [5.41, 5.74) is 3.08. The highest BCUT2D eigenvalue weighted by atomic mass is 35.5. The summed E-state index contributed by atoms with van der Waals surface area (Å²) >= 11 is 6.44. The van der Waals surface area contributed by atoms with Crippen molar-refractivity contribution in [3.05, 3.63) is 76.7 Å². The second kappa shape index (κ2) is 9.43. The lowest BCUT2D eigenvalue weighted by atomic mass is 9.91. The van der Waals surface area contributed by atoms with Gasteiger partial charge in [-0.15, -0.1) is 0 Å². The van der Waals surface area contributed by atoms with Crippen LogP contribution in [0.25, 0.3) is 16.7 Å². The molecule has 0 radical (unpaired) electrons. The number of carbonyl (C=O) groups is 1. The van der Waals surface area contributed by atoms with Gasteiger partial charge in [-0.3, -0.25) is 4.79 Å². The van der Waals surface area contributed by atoms with Gasteiger partial charge in [-0.25, -0.2) is 14.6 Å². The van der Waals surface area contributed by atoms with Crippen molar-refractivity contribution in [1.82, 2.24) is 25.1 Å². The van der Waals surface area contributed by atoms with E-state index < -0.39 is 0 Å². The molecule has 0 bridgehead atoms. The Balaban J connectivity index is 1.32. The minimum absolute atomic E-state index is 0.00671. The molecular formula is C26H27ClN6O. The number of benzene rings is 2. The summed E-state index contributed by atoms with van der Waals surface area (Å²) in [5, 5.41) is 13.1. The summed E-state index contributed by atoms with van der Waals surface area (Å²) in [6, 6.07) is 17.4. The zero-order valence-electron chi connectivity index (χ0n) is 19.3. The van der Waals surface area contributed by atoms with Crippen molar-refractivity contribution in [3.8, 4) is 5.69 Å². The molecule has 5 rings (SSSR count). The van der Waals surface area contributed by atoms with Crippen LogP contribution in [0.2, 0.25) is 5.02 Å². The number of anilines is 1. The summed E-state index contributed by atoms with van der Waals surface area (Å²) in [6.45, 7) is 3.86. The molecular weight excluding hydrogens is 448 g/mol. The second-order valence-electron chi connectivity index (χ2n) is 8.80. The van der Waals surface area contributed by atoms with Gasteiger partial charge in [-0.05, 0) is 63.8 Å². The van der Waals surface area contributed by atoms with Crippen LogP contribution in [0.5, 0.6) is 0 Å². The summed E-state index contributed by atoms with van der Waals surface area (Å²) in [4.78, 5) is 21.9. The Bertz CT molecular complexity index is 1330. The number of amides is 1. The maximum atomic E-state index is 12.5. The quantitative estimate of drug-likeness (QED) is 0.413. The van der Waals surface area contributed by atoms with E-state index in [-0.39, 0.29) is 18.0 Å². The molecule has 0 aliphatic heterocycles. The number of nitrogens with one attached hydrogen (secondary N) is 2. The molecule has 174 valence electrons. The van der Waals surface area contributed by atoms with Crippen LogP contribution in [0.4, 0.5) is 5.82 Å². The first kappa shape index (κ1) is 22.3. The molecule has 34 heavy (non-hydrogen) atoms. The van der Waals surface area contributed by atoms with Crippen molar-refractivity contribution >= 4 is 34.4 Å². The Kier molecular flexibility index (Phi) is 6.20. The largest absolute Gasteiger partial charge is 0.367 e. The molecule has 0 unspecified atom stereocenters. The van der Waals surface area contributed by atoms with Crippen LogP contribution in [0.1, 0.15) is 47.6 Å². The molecule has 4 aromatic rings. The number of aryl methyl sites for hydroxylation is 2. The third-order valence-corrected chi connectivity index (χ3v) is 6.65. The monoisotopic (exact) mass is 474 g/mol. The van der Waals surface area contributed by atoms with Gasteiger partial charge in [0.2, 0.25) is 0 Å². The van der Waals surface area contributed by atoms with Crippen LogP contribution in [-0.2, 0) is 0 Å². The summed E-state index contributed by atoms with van der Waals surface area (Å²) < 4.78 is 1.79. The molecule has 0 saturated heterocycles. The molecule has 1 fully saturated rings. The van der Waals surface area contributed by atoms with Crippen molar-refractivity contribution in [2.75, 3.05) is 5.32 Å². The summed E-state index contributed by atoms with van der Waals surface area (Å²) in [6.07, 6.45) is 3.73. The van der Waals surface area contributed by atoms with E-state index in [0.717, 1.165) is 53.9 Å². The highest BCUT2D eigenvalue weighted by Gasteiger charge is 2.25. The van der Waals surface area contributed by atoms with Gasteiger partial charge < -0.3 is 10.6 Å². The zero-order valence-corrected chi connectivity index (χ0v) is 20.0. The van der Waals surface area contributed by atoms with Crippen LogP contribution >= 0.6 is 11.6 Å². The van der Waals surface area contributed by atoms with Crippen LogP contribution in [0, 0.1) is 13.8 Å². The molecule has 2 aromatic carbocycles. The number of fused-ring (bicyclic) bond motifs is 1. The van der Waals surface area contributed by atoms with Gasteiger partial charge in [-0.1, -0.05) is 41.9 Å². The number of carbonyl (C=O) groups excluding carboxylic acids is 1. The van der Waals surface area contributed by atoms with Crippen LogP contribution < -0.4 is 10.6 Å². The molecule has 7 nitrogen and oxygen atoms in total. The van der Waals surface area contributed by atoms with E-state index in [2.05, 4.69) is 15.6 Å². The van der Waals surface area contributed by atoms with Crippen molar-refractivity contribution in [2.24, 2.45) is 0 Å².